The highest BCUT2D eigenvalue weighted by atomic mass is 79.9. The maximum absolute atomic E-state index is 5.91. The first kappa shape index (κ1) is 13.1. The Morgan fingerprint density at radius 2 is 1.95 bits per heavy atom. The molecule has 6 heteroatoms. The van der Waals surface area contributed by atoms with Crippen molar-refractivity contribution >= 4 is 44.6 Å². The van der Waals surface area contributed by atoms with Crippen molar-refractivity contribution in [2.45, 2.75) is 6.54 Å². The van der Waals surface area contributed by atoms with Crippen molar-refractivity contribution in [1.29, 1.82) is 0 Å². The smallest absolute Gasteiger partial charge is 0.163 e. The lowest BCUT2D eigenvalue weighted by molar-refractivity contribution is 0.171. The molecule has 0 bridgehead atoms. The van der Waals surface area contributed by atoms with Crippen LogP contribution in [0.1, 0.15) is 4.88 Å². The van der Waals surface area contributed by atoms with E-state index in [-0.39, 0.29) is 0 Å². The van der Waals surface area contributed by atoms with Crippen LogP contribution in [0.4, 0.5) is 5.69 Å². The molecule has 3 rings (SSSR count). The minimum atomic E-state index is 0.592. The molecule has 0 atom stereocenters. The fourth-order valence-corrected chi connectivity index (χ4v) is 3.30. The molecule has 2 heterocycles. The molecule has 1 aromatic carbocycles. The molecule has 0 unspecified atom stereocenters. The van der Waals surface area contributed by atoms with Crippen LogP contribution in [-0.4, -0.2) is 13.2 Å². The van der Waals surface area contributed by atoms with Crippen molar-refractivity contribution in [2.75, 3.05) is 18.5 Å². The first-order valence-corrected chi connectivity index (χ1v) is 7.83. The molecule has 100 valence electrons. The molecule has 1 aliphatic heterocycles. The van der Waals surface area contributed by atoms with E-state index in [4.69, 9.17) is 21.1 Å². The van der Waals surface area contributed by atoms with Gasteiger partial charge in [-0.3, -0.25) is 0 Å². The summed E-state index contributed by atoms with van der Waals surface area (Å²) in [5, 5.41) is 6.07. The molecule has 0 saturated heterocycles. The minimum Gasteiger partial charge on any atom is -0.486 e. The van der Waals surface area contributed by atoms with Gasteiger partial charge in [0, 0.05) is 33.4 Å². The zero-order valence-electron chi connectivity index (χ0n) is 9.91. The van der Waals surface area contributed by atoms with Gasteiger partial charge in [0.1, 0.15) is 13.2 Å². The summed E-state index contributed by atoms with van der Waals surface area (Å²) in [5.74, 6) is 1.56. The standard InChI is InChI=1S/C13H11BrClNO2S/c14-10-4-12-13(18-2-1-17-12)5-11(10)16-6-9-3-8(15)7-19-9/h3-5,7,16H,1-2,6H2. The molecule has 0 amide bonds. The van der Waals surface area contributed by atoms with Crippen LogP contribution in [0.3, 0.4) is 0 Å². The van der Waals surface area contributed by atoms with Gasteiger partial charge in [0.05, 0.1) is 10.7 Å². The Labute approximate surface area is 128 Å². The molecule has 2 aromatic rings. The first-order chi connectivity index (χ1) is 9.22. The highest BCUT2D eigenvalue weighted by molar-refractivity contribution is 9.10. The van der Waals surface area contributed by atoms with Gasteiger partial charge in [-0.1, -0.05) is 11.6 Å². The summed E-state index contributed by atoms with van der Waals surface area (Å²) < 4.78 is 12.1. The number of benzene rings is 1. The number of thiophene rings is 1. The normalized spacial score (nSPS) is 13.4. The molecular formula is C13H11BrClNO2S. The largest absolute Gasteiger partial charge is 0.486 e. The molecule has 3 nitrogen and oxygen atoms in total. The Balaban J connectivity index is 1.77. The van der Waals surface area contributed by atoms with Crippen LogP contribution in [-0.2, 0) is 6.54 Å². The number of hydrogen-bond donors (Lipinski definition) is 1. The van der Waals surface area contributed by atoms with Gasteiger partial charge in [-0.25, -0.2) is 0 Å². The SMILES string of the molecule is Clc1csc(CNc2cc3c(cc2Br)OCCO3)c1. The zero-order chi connectivity index (χ0) is 13.2. The summed E-state index contributed by atoms with van der Waals surface area (Å²) in [6.07, 6.45) is 0. The number of nitrogens with one attached hydrogen (secondary N) is 1. The van der Waals surface area contributed by atoms with Crippen LogP contribution in [0.2, 0.25) is 5.02 Å². The minimum absolute atomic E-state index is 0.592. The molecule has 0 spiro atoms. The third-order valence-electron chi connectivity index (χ3n) is 2.71. The summed E-state index contributed by atoms with van der Waals surface area (Å²) in [6.45, 7) is 1.92. The third kappa shape index (κ3) is 2.99. The molecule has 0 radical (unpaired) electrons. The van der Waals surface area contributed by atoms with Crippen LogP contribution in [0.15, 0.2) is 28.1 Å². The van der Waals surface area contributed by atoms with Gasteiger partial charge in [0.25, 0.3) is 0 Å². The van der Waals surface area contributed by atoms with E-state index in [1.165, 1.54) is 4.88 Å². The van der Waals surface area contributed by atoms with E-state index in [0.29, 0.717) is 13.2 Å². The van der Waals surface area contributed by atoms with Crippen LogP contribution in [0.25, 0.3) is 0 Å². The number of hydrogen-bond acceptors (Lipinski definition) is 4. The van der Waals surface area contributed by atoms with Crippen molar-refractivity contribution < 1.29 is 9.47 Å². The zero-order valence-corrected chi connectivity index (χ0v) is 13.1. The van der Waals surface area contributed by atoms with Gasteiger partial charge in [-0.15, -0.1) is 11.3 Å². The quantitative estimate of drug-likeness (QED) is 0.871. The van der Waals surface area contributed by atoms with E-state index >= 15 is 0 Å². The Morgan fingerprint density at radius 3 is 2.63 bits per heavy atom. The number of anilines is 1. The Bertz CT molecular complexity index is 602. The van der Waals surface area contributed by atoms with E-state index in [1.54, 1.807) is 11.3 Å². The molecule has 0 fully saturated rings. The summed E-state index contributed by atoms with van der Waals surface area (Å²) in [7, 11) is 0. The monoisotopic (exact) mass is 359 g/mol. The van der Waals surface area contributed by atoms with Crippen LogP contribution < -0.4 is 14.8 Å². The Kier molecular flexibility index (Phi) is 3.86. The van der Waals surface area contributed by atoms with Crippen molar-refractivity contribution in [1.82, 2.24) is 0 Å². The molecule has 0 aliphatic carbocycles. The Morgan fingerprint density at radius 1 is 1.21 bits per heavy atom. The second-order valence-electron chi connectivity index (χ2n) is 4.06. The molecule has 0 saturated carbocycles. The molecule has 19 heavy (non-hydrogen) atoms. The van der Waals surface area contributed by atoms with Gasteiger partial charge < -0.3 is 14.8 Å². The molecule has 1 N–H and O–H groups in total. The fraction of sp³-hybridized carbons (Fsp3) is 0.231. The van der Waals surface area contributed by atoms with Crippen LogP contribution in [0, 0.1) is 0 Å². The average molecular weight is 361 g/mol. The van der Waals surface area contributed by atoms with E-state index in [9.17, 15) is 0 Å². The maximum Gasteiger partial charge on any atom is 0.163 e. The van der Waals surface area contributed by atoms with E-state index in [0.717, 1.165) is 33.2 Å². The first-order valence-electron chi connectivity index (χ1n) is 5.78. The summed E-state index contributed by atoms with van der Waals surface area (Å²) in [5.41, 5.74) is 0.980. The third-order valence-corrected chi connectivity index (χ3v) is 4.65. The molecule has 1 aliphatic rings. The second kappa shape index (κ2) is 5.61. The average Bonchev–Trinajstić information content (AvgIpc) is 2.82. The van der Waals surface area contributed by atoms with Crippen LogP contribution in [0.5, 0.6) is 11.5 Å². The predicted molar refractivity (Wildman–Crippen MR) is 81.8 cm³/mol. The number of fused-ring (bicyclic) bond motifs is 1. The highest BCUT2D eigenvalue weighted by Gasteiger charge is 2.14. The predicted octanol–water partition coefficient (Wildman–Crippen LogP) is 4.55. The number of ether oxygens (including phenoxy) is 2. The molecule has 1 aromatic heterocycles. The van der Waals surface area contributed by atoms with E-state index < -0.39 is 0 Å². The summed E-state index contributed by atoms with van der Waals surface area (Å²) in [4.78, 5) is 1.19. The number of rotatable bonds is 3. The second-order valence-corrected chi connectivity index (χ2v) is 6.35. The van der Waals surface area contributed by atoms with Crippen molar-refractivity contribution in [2.24, 2.45) is 0 Å². The van der Waals surface area contributed by atoms with E-state index in [2.05, 4.69) is 21.2 Å². The summed E-state index contributed by atoms with van der Waals surface area (Å²) in [6, 6.07) is 5.84. The fourth-order valence-electron chi connectivity index (χ4n) is 1.83. The van der Waals surface area contributed by atoms with E-state index in [1.807, 2.05) is 23.6 Å². The lowest BCUT2D eigenvalue weighted by Gasteiger charge is -2.20. The van der Waals surface area contributed by atoms with Gasteiger partial charge in [-0.05, 0) is 22.0 Å². The van der Waals surface area contributed by atoms with Crippen molar-refractivity contribution in [3.8, 4) is 11.5 Å². The topological polar surface area (TPSA) is 30.5 Å². The summed E-state index contributed by atoms with van der Waals surface area (Å²) >= 11 is 11.1. The lowest BCUT2D eigenvalue weighted by Crippen LogP contribution is -2.15. The van der Waals surface area contributed by atoms with Gasteiger partial charge in [0.15, 0.2) is 11.5 Å². The Hall–Kier alpha value is -0.910. The highest BCUT2D eigenvalue weighted by Crippen LogP contribution is 2.38. The van der Waals surface area contributed by atoms with Crippen molar-refractivity contribution in [3.63, 3.8) is 0 Å². The van der Waals surface area contributed by atoms with Gasteiger partial charge in [0.2, 0.25) is 0 Å². The molecular weight excluding hydrogens is 350 g/mol. The van der Waals surface area contributed by atoms with Crippen LogP contribution >= 0.6 is 38.9 Å². The maximum atomic E-state index is 5.91. The van der Waals surface area contributed by atoms with Gasteiger partial charge in [-0.2, -0.15) is 0 Å². The lowest BCUT2D eigenvalue weighted by atomic mass is 10.2. The van der Waals surface area contributed by atoms with Gasteiger partial charge >= 0.3 is 0 Å². The number of halogens is 2. The van der Waals surface area contributed by atoms with Crippen molar-refractivity contribution in [3.05, 3.63) is 38.0 Å².